The number of nitrogens with one attached hydrogen (secondary N) is 2. The summed E-state index contributed by atoms with van der Waals surface area (Å²) in [4.78, 5) is 25.8. The molecule has 0 radical (unpaired) electrons. The largest absolute Gasteiger partial charge is 0.480 e. The Labute approximate surface area is 126 Å². The second kappa shape index (κ2) is 6.22. The summed E-state index contributed by atoms with van der Waals surface area (Å²) in [5.41, 5.74) is -1.03. The maximum absolute atomic E-state index is 12.1. The number of carbonyl (C=O) groups excluding carboxylic acids is 1. The van der Waals surface area contributed by atoms with Crippen LogP contribution in [0.25, 0.3) is 0 Å². The van der Waals surface area contributed by atoms with E-state index in [1.54, 1.807) is 0 Å². The van der Waals surface area contributed by atoms with E-state index in [1.807, 2.05) is 14.1 Å². The topological polar surface area (TPSA) is 81.7 Å². The molecule has 2 saturated carbocycles. The summed E-state index contributed by atoms with van der Waals surface area (Å²) in [6, 6.07) is -0.354. The molecule has 2 aliphatic rings. The Balaban J connectivity index is 1.89. The smallest absolute Gasteiger partial charge is 0.329 e. The molecule has 0 unspecified atom stereocenters. The number of hydrogen-bond acceptors (Lipinski definition) is 3. The Morgan fingerprint density at radius 2 is 1.67 bits per heavy atom. The van der Waals surface area contributed by atoms with Crippen LogP contribution in [-0.4, -0.2) is 53.7 Å². The molecular formula is C15H27N3O3. The summed E-state index contributed by atoms with van der Waals surface area (Å²) in [5, 5.41) is 15.1. The molecule has 0 aromatic carbocycles. The van der Waals surface area contributed by atoms with Crippen molar-refractivity contribution in [2.45, 2.75) is 62.4 Å². The minimum atomic E-state index is -1.08. The number of hydrogen-bond donors (Lipinski definition) is 3. The Kier molecular flexibility index (Phi) is 4.76. The average molecular weight is 297 g/mol. The number of carboxylic acid groups (broad SMARTS) is 1. The summed E-state index contributed by atoms with van der Waals surface area (Å²) in [5.74, 6) is -0.914. The van der Waals surface area contributed by atoms with Gasteiger partial charge in [0.1, 0.15) is 5.54 Å². The Morgan fingerprint density at radius 3 is 2.10 bits per heavy atom. The van der Waals surface area contributed by atoms with Crippen LogP contribution in [0, 0.1) is 0 Å². The molecule has 0 spiro atoms. The summed E-state index contributed by atoms with van der Waals surface area (Å²) in [6.07, 6.45) is 7.13. The van der Waals surface area contributed by atoms with Gasteiger partial charge in [0.05, 0.1) is 0 Å². The van der Waals surface area contributed by atoms with Crippen LogP contribution in [0.3, 0.4) is 0 Å². The molecule has 21 heavy (non-hydrogen) atoms. The van der Waals surface area contributed by atoms with Crippen molar-refractivity contribution in [3.8, 4) is 0 Å². The van der Waals surface area contributed by atoms with Gasteiger partial charge in [-0.1, -0.05) is 19.3 Å². The van der Waals surface area contributed by atoms with Crippen molar-refractivity contribution in [2.24, 2.45) is 0 Å². The summed E-state index contributed by atoms with van der Waals surface area (Å²) in [6.45, 7) is 0.571. The first-order valence-electron chi connectivity index (χ1n) is 7.87. The third-order valence-electron chi connectivity index (χ3n) is 5.28. The highest BCUT2D eigenvalue weighted by molar-refractivity contribution is 5.86. The standard InChI is InChI=1S/C15H27N3O3/c1-18(2)14(7-6-8-14)11-16-13(21)17-15(12(19)20)9-4-3-5-10-15/h3-11H2,1-2H3,(H,19,20)(H2,16,17,21). The van der Waals surface area contributed by atoms with E-state index >= 15 is 0 Å². The zero-order valence-corrected chi connectivity index (χ0v) is 13.1. The molecule has 2 amide bonds. The van der Waals surface area contributed by atoms with Gasteiger partial charge in [-0.05, 0) is 46.2 Å². The predicted octanol–water partition coefficient (Wildman–Crippen LogP) is 1.56. The van der Waals surface area contributed by atoms with Gasteiger partial charge in [-0.3, -0.25) is 0 Å². The van der Waals surface area contributed by atoms with Gasteiger partial charge >= 0.3 is 12.0 Å². The molecule has 2 rings (SSSR count). The van der Waals surface area contributed by atoms with E-state index in [4.69, 9.17) is 0 Å². The lowest BCUT2D eigenvalue weighted by Gasteiger charge is -2.47. The van der Waals surface area contributed by atoms with Gasteiger partial charge in [-0.25, -0.2) is 9.59 Å². The molecule has 0 bridgehead atoms. The monoisotopic (exact) mass is 297 g/mol. The third kappa shape index (κ3) is 3.31. The van der Waals surface area contributed by atoms with E-state index < -0.39 is 11.5 Å². The maximum atomic E-state index is 12.1. The highest BCUT2D eigenvalue weighted by atomic mass is 16.4. The molecule has 6 heteroatoms. The van der Waals surface area contributed by atoms with Gasteiger partial charge in [0, 0.05) is 12.1 Å². The van der Waals surface area contributed by atoms with Crippen molar-refractivity contribution in [3.63, 3.8) is 0 Å². The van der Waals surface area contributed by atoms with Gasteiger partial charge in [0.15, 0.2) is 0 Å². The fraction of sp³-hybridized carbons (Fsp3) is 0.867. The van der Waals surface area contributed by atoms with Crippen LogP contribution >= 0.6 is 0 Å². The van der Waals surface area contributed by atoms with Crippen LogP contribution in [-0.2, 0) is 4.79 Å². The predicted molar refractivity (Wildman–Crippen MR) is 80.3 cm³/mol. The first-order chi connectivity index (χ1) is 9.90. The van der Waals surface area contributed by atoms with E-state index in [-0.39, 0.29) is 11.6 Å². The van der Waals surface area contributed by atoms with Crippen molar-refractivity contribution in [1.29, 1.82) is 0 Å². The molecule has 0 atom stereocenters. The molecule has 3 N–H and O–H groups in total. The highest BCUT2D eigenvalue weighted by Gasteiger charge is 2.42. The van der Waals surface area contributed by atoms with Crippen molar-refractivity contribution in [3.05, 3.63) is 0 Å². The second-order valence-electron chi connectivity index (χ2n) is 6.73. The number of amides is 2. The highest BCUT2D eigenvalue weighted by Crippen LogP contribution is 2.35. The van der Waals surface area contributed by atoms with Gasteiger partial charge in [0.25, 0.3) is 0 Å². The molecular weight excluding hydrogens is 270 g/mol. The van der Waals surface area contributed by atoms with E-state index in [2.05, 4.69) is 15.5 Å². The fourth-order valence-corrected chi connectivity index (χ4v) is 3.42. The average Bonchev–Trinajstić information content (AvgIpc) is 2.37. The molecule has 0 heterocycles. The van der Waals surface area contributed by atoms with Crippen LogP contribution < -0.4 is 10.6 Å². The van der Waals surface area contributed by atoms with Gasteiger partial charge in [-0.15, -0.1) is 0 Å². The van der Waals surface area contributed by atoms with Gasteiger partial charge in [0.2, 0.25) is 0 Å². The van der Waals surface area contributed by atoms with Crippen molar-refractivity contribution >= 4 is 12.0 Å². The number of nitrogens with zero attached hydrogens (tertiary/aromatic N) is 1. The van der Waals surface area contributed by atoms with Crippen molar-refractivity contribution < 1.29 is 14.7 Å². The Hall–Kier alpha value is -1.30. The number of urea groups is 1. The lowest BCUT2D eigenvalue weighted by Crippen LogP contribution is -2.62. The van der Waals surface area contributed by atoms with Crippen molar-refractivity contribution in [1.82, 2.24) is 15.5 Å². The minimum absolute atomic E-state index is 0.0420. The van der Waals surface area contributed by atoms with E-state index in [1.165, 1.54) is 6.42 Å². The summed E-state index contributed by atoms with van der Waals surface area (Å²) in [7, 11) is 4.05. The Morgan fingerprint density at radius 1 is 1.05 bits per heavy atom. The zero-order valence-electron chi connectivity index (χ0n) is 13.1. The molecule has 2 fully saturated rings. The second-order valence-corrected chi connectivity index (χ2v) is 6.73. The van der Waals surface area contributed by atoms with E-state index in [9.17, 15) is 14.7 Å². The molecule has 0 aromatic rings. The minimum Gasteiger partial charge on any atom is -0.480 e. The molecule has 120 valence electrons. The first kappa shape index (κ1) is 16.1. The number of carboxylic acids is 1. The SMILES string of the molecule is CN(C)C1(CNC(=O)NC2(C(=O)O)CCCCC2)CCC1. The zero-order chi connectivity index (χ0) is 15.5. The maximum Gasteiger partial charge on any atom is 0.329 e. The van der Waals surface area contributed by atoms with E-state index in [0.29, 0.717) is 19.4 Å². The van der Waals surface area contributed by atoms with Gasteiger partial charge in [-0.2, -0.15) is 0 Å². The molecule has 0 aromatic heterocycles. The number of aliphatic carboxylic acids is 1. The first-order valence-corrected chi connectivity index (χ1v) is 7.87. The van der Waals surface area contributed by atoms with Crippen molar-refractivity contribution in [2.75, 3.05) is 20.6 Å². The van der Waals surface area contributed by atoms with Crippen LogP contribution in [0.15, 0.2) is 0 Å². The van der Waals surface area contributed by atoms with E-state index in [0.717, 1.165) is 32.1 Å². The summed E-state index contributed by atoms with van der Waals surface area (Å²) >= 11 is 0. The number of carbonyl (C=O) groups is 2. The van der Waals surface area contributed by atoms with Crippen LogP contribution in [0.5, 0.6) is 0 Å². The lowest BCUT2D eigenvalue weighted by molar-refractivity contribution is -0.145. The number of likely N-dealkylation sites (N-methyl/N-ethyl adjacent to an activating group) is 1. The Bertz CT molecular complexity index is 399. The normalized spacial score (nSPS) is 23.2. The van der Waals surface area contributed by atoms with Crippen LogP contribution in [0.4, 0.5) is 4.79 Å². The van der Waals surface area contributed by atoms with Crippen LogP contribution in [0.1, 0.15) is 51.4 Å². The third-order valence-corrected chi connectivity index (χ3v) is 5.28. The molecule has 6 nitrogen and oxygen atoms in total. The summed E-state index contributed by atoms with van der Waals surface area (Å²) < 4.78 is 0. The number of rotatable bonds is 5. The quantitative estimate of drug-likeness (QED) is 0.719. The molecule has 2 aliphatic carbocycles. The molecule has 0 aliphatic heterocycles. The lowest BCUT2D eigenvalue weighted by atomic mass is 9.75. The fourth-order valence-electron chi connectivity index (χ4n) is 3.42. The van der Waals surface area contributed by atoms with Crippen LogP contribution in [0.2, 0.25) is 0 Å². The van der Waals surface area contributed by atoms with Gasteiger partial charge < -0.3 is 20.6 Å². The molecule has 0 saturated heterocycles.